The molecule has 22 heavy (non-hydrogen) atoms. The molecule has 3 rings (SSSR count). The maximum atomic E-state index is 12.0. The highest BCUT2D eigenvalue weighted by molar-refractivity contribution is 7.13. The molecule has 112 valence electrons. The second-order valence-corrected chi connectivity index (χ2v) is 5.87. The lowest BCUT2D eigenvalue weighted by atomic mass is 10.2. The van der Waals surface area contributed by atoms with E-state index in [-0.39, 0.29) is 12.5 Å². The van der Waals surface area contributed by atoms with E-state index < -0.39 is 0 Å². The lowest BCUT2D eigenvalue weighted by molar-refractivity contribution is 0.0945. The van der Waals surface area contributed by atoms with Crippen molar-refractivity contribution >= 4 is 40.4 Å². The molecule has 0 fully saturated rings. The van der Waals surface area contributed by atoms with Crippen LogP contribution in [0.15, 0.2) is 23.6 Å². The van der Waals surface area contributed by atoms with E-state index in [0.717, 1.165) is 5.56 Å². The summed E-state index contributed by atoms with van der Waals surface area (Å²) in [6, 6.07) is 5.13. The highest BCUT2D eigenvalue weighted by Gasteiger charge is 2.14. The van der Waals surface area contributed by atoms with Crippen molar-refractivity contribution < 1.29 is 4.79 Å². The maximum Gasteiger partial charge on any atom is 0.271 e. The molecule has 2 heterocycles. The second-order valence-electron chi connectivity index (χ2n) is 4.17. The minimum Gasteiger partial charge on any atom is -0.343 e. The molecule has 0 radical (unpaired) electrons. The van der Waals surface area contributed by atoms with E-state index in [1.807, 2.05) is 0 Å². The van der Waals surface area contributed by atoms with Gasteiger partial charge in [-0.1, -0.05) is 28.4 Å². The van der Waals surface area contributed by atoms with Crippen LogP contribution >= 0.6 is 34.5 Å². The fourth-order valence-electron chi connectivity index (χ4n) is 1.67. The van der Waals surface area contributed by atoms with E-state index in [1.165, 1.54) is 11.3 Å². The summed E-state index contributed by atoms with van der Waals surface area (Å²) in [5, 5.41) is 19.2. The Hall–Kier alpha value is -2.03. The number of halogens is 2. The number of benzene rings is 1. The zero-order chi connectivity index (χ0) is 15.5. The molecule has 1 amide bonds. The summed E-state index contributed by atoms with van der Waals surface area (Å²) >= 11 is 13.3. The number of nitrogens with one attached hydrogen (secondary N) is 2. The molecular weight excluding hydrogens is 347 g/mol. The Morgan fingerprint density at radius 3 is 2.95 bits per heavy atom. The molecular formula is C12H8Cl2N6OS. The number of amides is 1. The van der Waals surface area contributed by atoms with E-state index in [0.29, 0.717) is 26.6 Å². The topological polar surface area (TPSA) is 96.5 Å². The molecule has 0 saturated carbocycles. The summed E-state index contributed by atoms with van der Waals surface area (Å²) < 4.78 is 0. The van der Waals surface area contributed by atoms with Crippen LogP contribution in [-0.2, 0) is 6.54 Å². The average molecular weight is 355 g/mol. The van der Waals surface area contributed by atoms with Crippen molar-refractivity contribution in [1.82, 2.24) is 30.9 Å². The number of hydrogen-bond donors (Lipinski definition) is 2. The van der Waals surface area contributed by atoms with Crippen molar-refractivity contribution in [3.8, 4) is 10.6 Å². The highest BCUT2D eigenvalue weighted by Crippen LogP contribution is 2.32. The Balaban J connectivity index is 1.74. The second kappa shape index (κ2) is 6.39. The van der Waals surface area contributed by atoms with Gasteiger partial charge in [0.25, 0.3) is 5.91 Å². The van der Waals surface area contributed by atoms with Gasteiger partial charge in [-0.3, -0.25) is 4.79 Å². The van der Waals surface area contributed by atoms with Gasteiger partial charge in [0.1, 0.15) is 10.7 Å². The summed E-state index contributed by atoms with van der Waals surface area (Å²) in [5.41, 5.74) is 1.03. The minimum atomic E-state index is -0.322. The van der Waals surface area contributed by atoms with Crippen molar-refractivity contribution in [2.75, 3.05) is 0 Å². The van der Waals surface area contributed by atoms with Crippen LogP contribution in [0.1, 0.15) is 16.3 Å². The number of rotatable bonds is 4. The summed E-state index contributed by atoms with van der Waals surface area (Å²) in [4.78, 5) is 16.3. The lowest BCUT2D eigenvalue weighted by Crippen LogP contribution is -2.23. The molecule has 0 aliphatic heterocycles. The summed E-state index contributed by atoms with van der Waals surface area (Å²) in [7, 11) is 0. The van der Waals surface area contributed by atoms with Gasteiger partial charge in [-0.25, -0.2) is 4.98 Å². The molecule has 0 aliphatic carbocycles. The van der Waals surface area contributed by atoms with Crippen LogP contribution < -0.4 is 5.32 Å². The molecule has 0 spiro atoms. The summed E-state index contributed by atoms with van der Waals surface area (Å²) in [6.07, 6.45) is 0. The first-order valence-electron chi connectivity index (χ1n) is 6.05. The van der Waals surface area contributed by atoms with Gasteiger partial charge >= 0.3 is 0 Å². The first-order chi connectivity index (χ1) is 10.6. The number of carbonyl (C=O) groups excluding carboxylic acids is 1. The van der Waals surface area contributed by atoms with Crippen LogP contribution in [-0.4, -0.2) is 31.5 Å². The van der Waals surface area contributed by atoms with Crippen LogP contribution in [0.4, 0.5) is 0 Å². The fourth-order valence-corrected chi connectivity index (χ4v) is 3.06. The largest absolute Gasteiger partial charge is 0.343 e. The molecule has 0 aliphatic rings. The number of thiazole rings is 1. The standard InChI is InChI=1S/C12H8Cl2N6OS/c13-6-1-2-7(8(14)3-6)12-16-9(5-22-12)11(21)15-4-10-17-19-20-18-10/h1-3,5H,4H2,(H,15,21)(H,17,18,19,20). The van der Waals surface area contributed by atoms with Crippen molar-refractivity contribution in [2.45, 2.75) is 6.54 Å². The van der Waals surface area contributed by atoms with Gasteiger partial charge in [0.05, 0.1) is 11.6 Å². The van der Waals surface area contributed by atoms with Crippen LogP contribution in [0, 0.1) is 0 Å². The van der Waals surface area contributed by atoms with Crippen molar-refractivity contribution in [2.24, 2.45) is 0 Å². The number of nitrogens with zero attached hydrogens (tertiary/aromatic N) is 4. The number of hydrogen-bond acceptors (Lipinski definition) is 6. The van der Waals surface area contributed by atoms with Crippen molar-refractivity contribution in [3.05, 3.63) is 45.1 Å². The Bertz CT molecular complexity index is 804. The van der Waals surface area contributed by atoms with Gasteiger partial charge in [0.15, 0.2) is 5.82 Å². The van der Waals surface area contributed by atoms with Crippen molar-refractivity contribution in [3.63, 3.8) is 0 Å². The van der Waals surface area contributed by atoms with Gasteiger partial charge in [-0.15, -0.1) is 21.5 Å². The van der Waals surface area contributed by atoms with E-state index in [2.05, 4.69) is 30.9 Å². The minimum absolute atomic E-state index is 0.171. The molecule has 10 heteroatoms. The first kappa shape index (κ1) is 14.9. The molecule has 2 aromatic heterocycles. The van der Waals surface area contributed by atoms with Crippen LogP contribution in [0.3, 0.4) is 0 Å². The lowest BCUT2D eigenvalue weighted by Gasteiger charge is -2.01. The summed E-state index contributed by atoms with van der Waals surface area (Å²) in [5.74, 6) is 0.0712. The number of tetrazole rings is 1. The molecule has 0 saturated heterocycles. The van der Waals surface area contributed by atoms with Crippen LogP contribution in [0.2, 0.25) is 10.0 Å². The maximum absolute atomic E-state index is 12.0. The first-order valence-corrected chi connectivity index (χ1v) is 7.68. The summed E-state index contributed by atoms with van der Waals surface area (Å²) in [6.45, 7) is 0.171. The third-order valence-corrected chi connectivity index (χ3v) is 4.12. The fraction of sp³-hybridized carbons (Fsp3) is 0.0833. The molecule has 7 nitrogen and oxygen atoms in total. The van der Waals surface area contributed by atoms with E-state index in [1.54, 1.807) is 23.6 Å². The zero-order valence-electron chi connectivity index (χ0n) is 10.9. The molecule has 0 unspecified atom stereocenters. The number of aromatic nitrogens is 5. The van der Waals surface area contributed by atoms with E-state index in [4.69, 9.17) is 23.2 Å². The van der Waals surface area contributed by atoms with Crippen LogP contribution in [0.25, 0.3) is 10.6 Å². The highest BCUT2D eigenvalue weighted by atomic mass is 35.5. The number of carbonyl (C=O) groups is 1. The smallest absolute Gasteiger partial charge is 0.271 e. The van der Waals surface area contributed by atoms with Gasteiger partial charge in [-0.05, 0) is 18.2 Å². The number of aromatic amines is 1. The number of H-pyrrole nitrogens is 1. The average Bonchev–Trinajstić information content (AvgIpc) is 3.16. The van der Waals surface area contributed by atoms with Gasteiger partial charge in [0.2, 0.25) is 0 Å². The third-order valence-electron chi connectivity index (χ3n) is 2.69. The van der Waals surface area contributed by atoms with Gasteiger partial charge in [-0.2, -0.15) is 5.21 Å². The SMILES string of the molecule is O=C(NCc1nn[nH]n1)c1csc(-c2ccc(Cl)cc2Cl)n1. The van der Waals surface area contributed by atoms with Gasteiger partial charge in [0, 0.05) is 16.0 Å². The predicted molar refractivity (Wildman–Crippen MR) is 82.9 cm³/mol. The quantitative estimate of drug-likeness (QED) is 0.750. The molecule has 0 bridgehead atoms. The Morgan fingerprint density at radius 1 is 1.36 bits per heavy atom. The molecule has 1 aromatic carbocycles. The third kappa shape index (κ3) is 3.24. The Morgan fingerprint density at radius 2 is 2.23 bits per heavy atom. The Kier molecular flexibility index (Phi) is 4.32. The van der Waals surface area contributed by atoms with E-state index in [9.17, 15) is 4.79 Å². The Labute approximate surface area is 138 Å². The molecule has 0 atom stereocenters. The van der Waals surface area contributed by atoms with E-state index >= 15 is 0 Å². The zero-order valence-corrected chi connectivity index (χ0v) is 13.2. The van der Waals surface area contributed by atoms with Crippen LogP contribution in [0.5, 0.6) is 0 Å². The van der Waals surface area contributed by atoms with Crippen molar-refractivity contribution in [1.29, 1.82) is 0 Å². The monoisotopic (exact) mass is 354 g/mol. The molecule has 2 N–H and O–H groups in total. The van der Waals surface area contributed by atoms with Gasteiger partial charge < -0.3 is 5.32 Å². The predicted octanol–water partition coefficient (Wildman–Crippen LogP) is 2.56. The molecule has 3 aromatic rings. The normalized spacial score (nSPS) is 10.6.